The van der Waals surface area contributed by atoms with Gasteiger partial charge in [-0.05, 0) is 12.5 Å². The summed E-state index contributed by atoms with van der Waals surface area (Å²) in [4.78, 5) is 55.3. The van der Waals surface area contributed by atoms with E-state index >= 15 is 0 Å². The first kappa shape index (κ1) is 26.6. The van der Waals surface area contributed by atoms with Gasteiger partial charge in [0.05, 0.1) is 57.4 Å². The maximum atomic E-state index is 13.4. The van der Waals surface area contributed by atoms with E-state index < -0.39 is 23.6 Å². The molecule has 0 bridgehead atoms. The molecule has 0 unspecified atom stereocenters. The van der Waals surface area contributed by atoms with Gasteiger partial charge in [0.15, 0.2) is 0 Å². The first-order chi connectivity index (χ1) is 18.7. The van der Waals surface area contributed by atoms with Crippen molar-refractivity contribution in [1.82, 2.24) is 9.80 Å². The van der Waals surface area contributed by atoms with Crippen molar-refractivity contribution < 1.29 is 19.2 Å². The Hall–Kier alpha value is -2.29. The van der Waals surface area contributed by atoms with Crippen molar-refractivity contribution >= 4 is 148 Å². The third-order valence-corrected chi connectivity index (χ3v) is 10.9. The number of benzene rings is 5. The van der Waals surface area contributed by atoms with Crippen molar-refractivity contribution in [3.8, 4) is 0 Å². The predicted octanol–water partition coefficient (Wildman–Crippen LogP) is 9.07. The Bertz CT molecular complexity index is 1910. The number of rotatable bonds is 0. The van der Waals surface area contributed by atoms with E-state index in [1.807, 2.05) is 0 Å². The van der Waals surface area contributed by atoms with E-state index in [4.69, 9.17) is 81.2 Å². The third kappa shape index (κ3) is 2.72. The molecular weight excluding hydrogens is 664 g/mol. The predicted molar refractivity (Wildman–Crippen MR) is 160 cm³/mol. The van der Waals surface area contributed by atoms with Crippen molar-refractivity contribution in [2.75, 3.05) is 14.1 Å². The van der Waals surface area contributed by atoms with Crippen LogP contribution in [0, 0.1) is 6.92 Å². The normalized spacial score (nSPS) is 15.3. The van der Waals surface area contributed by atoms with Crippen LogP contribution in [0.3, 0.4) is 0 Å². The number of fused-ring (bicyclic) bond motifs is 2. The van der Waals surface area contributed by atoms with Crippen molar-refractivity contribution in [3.63, 3.8) is 0 Å². The summed E-state index contributed by atoms with van der Waals surface area (Å²) in [7, 11) is 2.63. The van der Waals surface area contributed by atoms with Crippen LogP contribution < -0.4 is 0 Å². The number of carbonyl (C=O) groups excluding carboxylic acids is 4. The Morgan fingerprint density at radius 3 is 1.00 bits per heavy atom. The Labute approximate surface area is 259 Å². The lowest BCUT2D eigenvalue weighted by Crippen LogP contribution is -2.38. The third-order valence-electron chi connectivity index (χ3n) is 7.89. The minimum Gasteiger partial charge on any atom is -0.277 e. The fraction of sp³-hybridized carbons (Fsp3) is 0.111. The molecule has 5 aromatic carbocycles. The molecule has 0 saturated heterocycles. The first-order valence-corrected chi connectivity index (χ1v) is 14.1. The van der Waals surface area contributed by atoms with Crippen molar-refractivity contribution in [2.45, 2.75) is 6.92 Å². The van der Waals surface area contributed by atoms with Crippen molar-refractivity contribution in [3.05, 3.63) is 63.0 Å². The summed E-state index contributed by atoms with van der Waals surface area (Å²) < 4.78 is 0. The fourth-order valence-corrected chi connectivity index (χ4v) is 8.02. The Balaban J connectivity index is 1.98. The molecule has 200 valence electrons. The average Bonchev–Trinajstić information content (AvgIpc) is 2.92. The van der Waals surface area contributed by atoms with Crippen molar-refractivity contribution in [2.24, 2.45) is 0 Å². The molecule has 7 rings (SSSR count). The van der Waals surface area contributed by atoms with E-state index in [0.717, 1.165) is 9.80 Å². The Morgan fingerprint density at radius 1 is 0.375 bits per heavy atom. The highest BCUT2D eigenvalue weighted by molar-refractivity contribution is 6.62. The molecule has 2 aliphatic rings. The van der Waals surface area contributed by atoms with Gasteiger partial charge in [-0.3, -0.25) is 29.0 Å². The molecule has 0 radical (unpaired) electrons. The molecule has 40 heavy (non-hydrogen) atoms. The minimum absolute atomic E-state index is 0.00834. The molecule has 4 amide bonds. The number of nitrogens with zero attached hydrogens (tertiary/aromatic N) is 2. The van der Waals surface area contributed by atoms with Gasteiger partial charge in [-0.15, -0.1) is 0 Å². The molecule has 2 heterocycles. The van der Waals surface area contributed by atoms with Gasteiger partial charge >= 0.3 is 0 Å². The zero-order valence-corrected chi connectivity index (χ0v) is 25.5. The van der Waals surface area contributed by atoms with Gasteiger partial charge in [-0.25, -0.2) is 0 Å². The SMILES string of the molecule is Cc1c2c3c(c(Cl)c(Cl)c4c5c(Cl)c(Cl)c6c7c(c(Cl)c(Cl)c(c(c1Cl)c34)c75)C(=O)N(C)C6=O)C(=O)N(C)C2=O. The maximum absolute atomic E-state index is 13.4. The minimum atomic E-state index is -0.693. The van der Waals surface area contributed by atoms with Gasteiger partial charge in [0, 0.05) is 57.2 Å². The van der Waals surface area contributed by atoms with E-state index in [1.165, 1.54) is 14.1 Å². The lowest BCUT2D eigenvalue weighted by Gasteiger charge is -2.31. The van der Waals surface area contributed by atoms with E-state index in [9.17, 15) is 19.2 Å². The Kier molecular flexibility index (Phi) is 5.43. The lowest BCUT2D eigenvalue weighted by molar-refractivity contribution is 0.0635. The molecule has 0 spiro atoms. The highest BCUT2D eigenvalue weighted by Gasteiger charge is 2.42. The summed E-state index contributed by atoms with van der Waals surface area (Å²) in [6.07, 6.45) is 0. The zero-order chi connectivity index (χ0) is 29.0. The van der Waals surface area contributed by atoms with Gasteiger partial charge in [-0.2, -0.15) is 0 Å². The van der Waals surface area contributed by atoms with Gasteiger partial charge in [0.25, 0.3) is 23.6 Å². The maximum Gasteiger partial charge on any atom is 0.262 e. The monoisotopic (exact) mass is 670 g/mol. The summed E-state index contributed by atoms with van der Waals surface area (Å²) in [5, 5.41) is 1.44. The molecule has 6 nitrogen and oxygen atoms in total. The van der Waals surface area contributed by atoms with Crippen LogP contribution in [-0.2, 0) is 0 Å². The number of halogens is 7. The summed E-state index contributed by atoms with van der Waals surface area (Å²) in [5.41, 5.74) is 0.434. The summed E-state index contributed by atoms with van der Waals surface area (Å²) >= 11 is 47.9. The van der Waals surface area contributed by atoms with Gasteiger partial charge < -0.3 is 0 Å². The number of hydrogen-bond acceptors (Lipinski definition) is 4. The molecule has 13 heteroatoms. The number of hydrogen-bond donors (Lipinski definition) is 0. The standard InChI is InChI=1S/C27H9Cl7N2O4/c1-4-5-6-7-10(17(4)28)11-8-9-15(22(33)18(11)29)26(39)36(3)27(40)16(9)23(34)20(31)13(8)12(7)19(30)21(32)14(6)25(38)35(2)24(5)37/h1-3H3. The number of imide groups is 2. The van der Waals surface area contributed by atoms with Gasteiger partial charge in [0.1, 0.15) is 0 Å². The zero-order valence-electron chi connectivity index (χ0n) is 20.2. The van der Waals surface area contributed by atoms with Crippen LogP contribution in [0.5, 0.6) is 0 Å². The van der Waals surface area contributed by atoms with E-state index in [-0.39, 0.29) is 89.7 Å². The number of amides is 4. The topological polar surface area (TPSA) is 74.8 Å². The second kappa shape index (κ2) is 8.17. The molecule has 5 aromatic rings. The molecule has 2 aliphatic heterocycles. The van der Waals surface area contributed by atoms with Crippen LogP contribution in [-0.4, -0.2) is 47.5 Å². The van der Waals surface area contributed by atoms with E-state index in [0.29, 0.717) is 16.3 Å². The van der Waals surface area contributed by atoms with Gasteiger partial charge in [-0.1, -0.05) is 81.2 Å². The lowest BCUT2D eigenvalue weighted by atomic mass is 9.80. The summed E-state index contributed by atoms with van der Waals surface area (Å²) in [5.74, 6) is -2.63. The molecule has 0 atom stereocenters. The molecular formula is C27H9Cl7N2O4. The second-order valence-corrected chi connectivity index (χ2v) is 12.3. The second-order valence-electron chi connectivity index (χ2n) is 9.66. The summed E-state index contributed by atoms with van der Waals surface area (Å²) in [6, 6.07) is 0. The highest BCUT2D eigenvalue weighted by Crippen LogP contribution is 2.58. The smallest absolute Gasteiger partial charge is 0.262 e. The van der Waals surface area contributed by atoms with Crippen LogP contribution in [0.4, 0.5) is 0 Å². The molecule has 0 saturated carbocycles. The van der Waals surface area contributed by atoms with Crippen LogP contribution in [0.2, 0.25) is 35.2 Å². The first-order valence-electron chi connectivity index (χ1n) is 11.4. The Morgan fingerprint density at radius 2 is 0.650 bits per heavy atom. The van der Waals surface area contributed by atoms with Crippen LogP contribution in [0.15, 0.2) is 0 Å². The van der Waals surface area contributed by atoms with Gasteiger partial charge in [0.2, 0.25) is 0 Å². The average molecular weight is 674 g/mol. The number of carbonyl (C=O) groups is 4. The molecule has 0 aromatic heterocycles. The van der Waals surface area contributed by atoms with Crippen LogP contribution >= 0.6 is 81.2 Å². The quantitative estimate of drug-likeness (QED) is 0.0934. The fourth-order valence-electron chi connectivity index (χ4n) is 6.08. The summed E-state index contributed by atoms with van der Waals surface area (Å²) in [6.45, 7) is 1.63. The molecule has 0 fully saturated rings. The largest absolute Gasteiger partial charge is 0.277 e. The van der Waals surface area contributed by atoms with Crippen LogP contribution in [0.25, 0.3) is 43.1 Å². The van der Waals surface area contributed by atoms with Crippen molar-refractivity contribution in [1.29, 1.82) is 0 Å². The molecule has 0 aliphatic carbocycles. The highest BCUT2D eigenvalue weighted by atomic mass is 35.5. The van der Waals surface area contributed by atoms with E-state index in [2.05, 4.69) is 0 Å². The molecule has 0 N–H and O–H groups in total. The van der Waals surface area contributed by atoms with Crippen LogP contribution in [0.1, 0.15) is 47.0 Å². The van der Waals surface area contributed by atoms with E-state index in [1.54, 1.807) is 6.92 Å².